The lowest BCUT2D eigenvalue weighted by molar-refractivity contribution is 0.0697. The smallest absolute Gasteiger partial charge is 0.335 e. The van der Waals surface area contributed by atoms with Crippen LogP contribution < -0.4 is 9.64 Å². The van der Waals surface area contributed by atoms with Gasteiger partial charge < -0.3 is 14.7 Å². The minimum absolute atomic E-state index is 0.0768. The number of hydrogen-bond acceptors (Lipinski definition) is 5. The normalized spacial score (nSPS) is 18.1. The Balaban J connectivity index is 2.32. The minimum Gasteiger partial charge on any atom is -0.495 e. The van der Waals surface area contributed by atoms with Crippen molar-refractivity contribution in [1.82, 2.24) is 0 Å². The zero-order chi connectivity index (χ0) is 14.0. The van der Waals surface area contributed by atoms with Crippen LogP contribution in [0.25, 0.3) is 0 Å². The Morgan fingerprint density at radius 1 is 1.32 bits per heavy atom. The van der Waals surface area contributed by atoms with Gasteiger partial charge in [-0.1, -0.05) is 0 Å². The highest BCUT2D eigenvalue weighted by Gasteiger charge is 2.24. The van der Waals surface area contributed by atoms with E-state index in [1.807, 2.05) is 4.90 Å². The number of benzene rings is 1. The Hall–Kier alpha value is -1.76. The van der Waals surface area contributed by atoms with Crippen molar-refractivity contribution >= 4 is 21.5 Å². The lowest BCUT2D eigenvalue weighted by Gasteiger charge is -2.30. The Bertz CT molecular complexity index is 582. The molecule has 0 aliphatic carbocycles. The molecule has 0 saturated carbocycles. The molecule has 0 bridgehead atoms. The molecule has 1 aliphatic rings. The lowest BCUT2D eigenvalue weighted by atomic mass is 10.1. The number of aromatic carboxylic acids is 1. The summed E-state index contributed by atoms with van der Waals surface area (Å²) >= 11 is 0. The van der Waals surface area contributed by atoms with Crippen LogP contribution in [0.3, 0.4) is 0 Å². The van der Waals surface area contributed by atoms with Gasteiger partial charge in [0.1, 0.15) is 5.75 Å². The molecule has 1 aromatic carbocycles. The highest BCUT2D eigenvalue weighted by Crippen LogP contribution is 2.30. The number of methoxy groups -OCH3 is 1. The number of hydrogen-bond donors (Lipinski definition) is 1. The van der Waals surface area contributed by atoms with E-state index in [2.05, 4.69) is 0 Å². The number of anilines is 1. The minimum atomic E-state index is -2.97. The van der Waals surface area contributed by atoms with E-state index in [-0.39, 0.29) is 17.1 Å². The summed E-state index contributed by atoms with van der Waals surface area (Å²) < 4.78 is 28.0. The van der Waals surface area contributed by atoms with Crippen molar-refractivity contribution in [2.24, 2.45) is 0 Å². The summed E-state index contributed by atoms with van der Waals surface area (Å²) in [7, 11) is -1.47. The molecular weight excluding hydrogens is 270 g/mol. The fraction of sp³-hybridized carbons (Fsp3) is 0.417. The van der Waals surface area contributed by atoms with E-state index < -0.39 is 15.8 Å². The Kier molecular flexibility index (Phi) is 3.66. The fourth-order valence-electron chi connectivity index (χ4n) is 2.02. The number of carbonyl (C=O) groups is 1. The standard InChI is InChI=1S/C12H15NO5S/c1-18-11-3-2-9(12(14)15)8-10(11)13-4-6-19(16,17)7-5-13/h2-3,8H,4-7H2,1H3,(H,14,15). The highest BCUT2D eigenvalue weighted by molar-refractivity contribution is 7.91. The van der Waals surface area contributed by atoms with Crippen molar-refractivity contribution < 1.29 is 23.1 Å². The first-order valence-electron chi connectivity index (χ1n) is 5.79. The topological polar surface area (TPSA) is 83.9 Å². The lowest BCUT2D eigenvalue weighted by Crippen LogP contribution is -2.40. The zero-order valence-corrected chi connectivity index (χ0v) is 11.3. The average Bonchev–Trinajstić information content (AvgIpc) is 2.38. The first kappa shape index (κ1) is 13.7. The third kappa shape index (κ3) is 2.98. The summed E-state index contributed by atoms with van der Waals surface area (Å²) in [6.07, 6.45) is 0. The molecular formula is C12H15NO5S. The predicted molar refractivity (Wildman–Crippen MR) is 70.8 cm³/mol. The first-order valence-corrected chi connectivity index (χ1v) is 7.62. The van der Waals surface area contributed by atoms with Gasteiger partial charge in [-0.05, 0) is 18.2 Å². The quantitative estimate of drug-likeness (QED) is 0.877. The maximum Gasteiger partial charge on any atom is 0.335 e. The van der Waals surface area contributed by atoms with Gasteiger partial charge in [-0.25, -0.2) is 13.2 Å². The molecule has 1 N–H and O–H groups in total. The number of ether oxygens (including phenoxy) is 1. The average molecular weight is 285 g/mol. The molecule has 0 aromatic heterocycles. The SMILES string of the molecule is COc1ccc(C(=O)O)cc1N1CCS(=O)(=O)CC1. The van der Waals surface area contributed by atoms with Crippen LogP contribution in [-0.2, 0) is 9.84 Å². The maximum absolute atomic E-state index is 11.4. The van der Waals surface area contributed by atoms with Crippen molar-refractivity contribution in [3.63, 3.8) is 0 Å². The van der Waals surface area contributed by atoms with Gasteiger partial charge in [-0.2, -0.15) is 0 Å². The number of sulfone groups is 1. The van der Waals surface area contributed by atoms with Crippen molar-refractivity contribution in [2.45, 2.75) is 0 Å². The van der Waals surface area contributed by atoms with Crippen LogP contribution >= 0.6 is 0 Å². The van der Waals surface area contributed by atoms with Crippen LogP contribution in [0.1, 0.15) is 10.4 Å². The number of nitrogens with zero attached hydrogens (tertiary/aromatic N) is 1. The van der Waals surface area contributed by atoms with Crippen molar-refractivity contribution in [3.8, 4) is 5.75 Å². The molecule has 0 atom stereocenters. The summed E-state index contributed by atoms with van der Waals surface area (Å²) in [6.45, 7) is 0.698. The molecule has 1 heterocycles. The second-order valence-electron chi connectivity index (χ2n) is 4.33. The van der Waals surface area contributed by atoms with Crippen LogP contribution in [0.15, 0.2) is 18.2 Å². The second-order valence-corrected chi connectivity index (χ2v) is 6.63. The summed E-state index contributed by atoms with van der Waals surface area (Å²) in [5.41, 5.74) is 0.779. The van der Waals surface area contributed by atoms with Crippen LogP contribution in [0.5, 0.6) is 5.75 Å². The van der Waals surface area contributed by atoms with Gasteiger partial charge in [-0.3, -0.25) is 0 Å². The molecule has 1 saturated heterocycles. The molecule has 0 amide bonds. The molecule has 7 heteroatoms. The van der Waals surface area contributed by atoms with Crippen LogP contribution in [0, 0.1) is 0 Å². The molecule has 19 heavy (non-hydrogen) atoms. The van der Waals surface area contributed by atoms with E-state index in [0.717, 1.165) is 0 Å². The van der Waals surface area contributed by atoms with Crippen LogP contribution in [-0.4, -0.2) is 51.2 Å². The fourth-order valence-corrected chi connectivity index (χ4v) is 3.22. The van der Waals surface area contributed by atoms with Gasteiger partial charge in [0.15, 0.2) is 9.84 Å². The number of carboxylic acids is 1. The summed E-state index contributed by atoms with van der Waals surface area (Å²) in [5, 5.41) is 9.00. The highest BCUT2D eigenvalue weighted by atomic mass is 32.2. The zero-order valence-electron chi connectivity index (χ0n) is 10.5. The van der Waals surface area contributed by atoms with E-state index in [9.17, 15) is 13.2 Å². The Morgan fingerprint density at radius 3 is 2.47 bits per heavy atom. The third-order valence-corrected chi connectivity index (χ3v) is 4.72. The molecule has 0 unspecified atom stereocenters. The molecule has 1 fully saturated rings. The van der Waals surface area contributed by atoms with Crippen LogP contribution in [0.2, 0.25) is 0 Å². The monoisotopic (exact) mass is 285 g/mol. The molecule has 1 aliphatic heterocycles. The van der Waals surface area contributed by atoms with Crippen LogP contribution in [0.4, 0.5) is 5.69 Å². The summed E-state index contributed by atoms with van der Waals surface area (Å²) in [5.74, 6) is -0.321. The molecule has 0 radical (unpaired) electrons. The van der Waals surface area contributed by atoms with E-state index in [1.54, 1.807) is 6.07 Å². The molecule has 2 rings (SSSR count). The Labute approximate surface area is 111 Å². The van der Waals surface area contributed by atoms with Gasteiger partial charge in [0.2, 0.25) is 0 Å². The summed E-state index contributed by atoms with van der Waals surface area (Å²) in [6, 6.07) is 4.56. The first-order chi connectivity index (χ1) is 8.93. The van der Waals surface area contributed by atoms with E-state index in [0.29, 0.717) is 24.5 Å². The summed E-state index contributed by atoms with van der Waals surface area (Å²) in [4.78, 5) is 12.8. The van der Waals surface area contributed by atoms with Gasteiger partial charge in [0.25, 0.3) is 0 Å². The maximum atomic E-state index is 11.4. The van der Waals surface area contributed by atoms with Gasteiger partial charge >= 0.3 is 5.97 Å². The molecule has 6 nitrogen and oxygen atoms in total. The number of rotatable bonds is 3. The number of carboxylic acid groups (broad SMARTS) is 1. The molecule has 104 valence electrons. The van der Waals surface area contributed by atoms with E-state index >= 15 is 0 Å². The Morgan fingerprint density at radius 2 is 1.95 bits per heavy atom. The van der Waals surface area contributed by atoms with E-state index in [4.69, 9.17) is 9.84 Å². The van der Waals surface area contributed by atoms with Crippen molar-refractivity contribution in [1.29, 1.82) is 0 Å². The second kappa shape index (κ2) is 5.08. The van der Waals surface area contributed by atoms with Crippen molar-refractivity contribution in [3.05, 3.63) is 23.8 Å². The van der Waals surface area contributed by atoms with E-state index in [1.165, 1.54) is 19.2 Å². The van der Waals surface area contributed by atoms with Gasteiger partial charge in [0.05, 0.1) is 29.9 Å². The van der Waals surface area contributed by atoms with Gasteiger partial charge in [-0.15, -0.1) is 0 Å². The van der Waals surface area contributed by atoms with Crippen molar-refractivity contribution in [2.75, 3.05) is 36.6 Å². The predicted octanol–water partition coefficient (Wildman–Crippen LogP) is 0.628. The third-order valence-electron chi connectivity index (χ3n) is 3.11. The molecule has 0 spiro atoms. The van der Waals surface area contributed by atoms with Gasteiger partial charge in [0, 0.05) is 13.1 Å². The largest absolute Gasteiger partial charge is 0.495 e. The molecule has 1 aromatic rings.